The first kappa shape index (κ1) is 12.4. The van der Waals surface area contributed by atoms with E-state index in [0.29, 0.717) is 12.0 Å². The van der Waals surface area contributed by atoms with Gasteiger partial charge in [0.1, 0.15) is 12.1 Å². The number of nitrogens with one attached hydrogen (secondary N) is 1. The second-order valence-electron chi connectivity index (χ2n) is 5.20. The molecule has 1 saturated heterocycles. The van der Waals surface area contributed by atoms with Crippen molar-refractivity contribution in [1.29, 1.82) is 0 Å². The van der Waals surface area contributed by atoms with Gasteiger partial charge in [-0.25, -0.2) is 4.98 Å². The molecule has 2 atom stereocenters. The molecule has 3 rings (SSSR count). The van der Waals surface area contributed by atoms with E-state index in [1.165, 1.54) is 5.56 Å². The van der Waals surface area contributed by atoms with E-state index in [1.807, 2.05) is 10.6 Å². The molecule has 3 heterocycles. The van der Waals surface area contributed by atoms with Crippen molar-refractivity contribution < 1.29 is 4.74 Å². The van der Waals surface area contributed by atoms with E-state index in [2.05, 4.69) is 35.3 Å². The molecule has 1 aliphatic heterocycles. The Morgan fingerprint density at radius 1 is 1.47 bits per heavy atom. The predicted octanol–water partition coefficient (Wildman–Crippen LogP) is 2.26. The Hall–Kier alpha value is -1.62. The summed E-state index contributed by atoms with van der Waals surface area (Å²) in [6.45, 7) is 6.08. The molecule has 0 amide bonds. The molecule has 0 bridgehead atoms. The van der Waals surface area contributed by atoms with Crippen LogP contribution in [0.4, 0.5) is 5.82 Å². The molecule has 0 saturated carbocycles. The van der Waals surface area contributed by atoms with Crippen LogP contribution in [0.25, 0.3) is 5.65 Å². The number of hydrogen-bond donors (Lipinski definition) is 1. The van der Waals surface area contributed by atoms with Gasteiger partial charge in [-0.15, -0.1) is 0 Å². The molecule has 1 aliphatic rings. The Kier molecular flexibility index (Phi) is 3.38. The van der Waals surface area contributed by atoms with Crippen molar-refractivity contribution in [3.05, 3.63) is 24.0 Å². The molecule has 5 nitrogen and oxygen atoms in total. The maximum Gasteiger partial charge on any atom is 0.157 e. The van der Waals surface area contributed by atoms with Crippen LogP contribution in [-0.4, -0.2) is 33.9 Å². The van der Waals surface area contributed by atoms with Crippen molar-refractivity contribution >= 4 is 11.5 Å². The maximum absolute atomic E-state index is 5.72. The second-order valence-corrected chi connectivity index (χ2v) is 5.20. The number of anilines is 1. The predicted molar refractivity (Wildman–Crippen MR) is 74.4 cm³/mol. The van der Waals surface area contributed by atoms with E-state index in [-0.39, 0.29) is 0 Å². The third kappa shape index (κ3) is 2.42. The minimum atomic E-state index is 0.392. The highest BCUT2D eigenvalue weighted by Crippen LogP contribution is 2.24. The summed E-state index contributed by atoms with van der Waals surface area (Å²) >= 11 is 0. The van der Waals surface area contributed by atoms with Crippen LogP contribution in [0.1, 0.15) is 25.3 Å². The summed E-state index contributed by atoms with van der Waals surface area (Å²) in [6, 6.07) is 4.14. The Labute approximate surface area is 113 Å². The number of hydrogen-bond acceptors (Lipinski definition) is 4. The van der Waals surface area contributed by atoms with Crippen molar-refractivity contribution in [2.75, 3.05) is 18.5 Å². The zero-order valence-electron chi connectivity index (χ0n) is 11.5. The van der Waals surface area contributed by atoms with Gasteiger partial charge in [0.15, 0.2) is 5.65 Å². The highest BCUT2D eigenvalue weighted by molar-refractivity contribution is 5.51. The molecule has 5 heteroatoms. The minimum Gasteiger partial charge on any atom is -0.378 e. The lowest BCUT2D eigenvalue weighted by Crippen LogP contribution is -2.23. The maximum atomic E-state index is 5.72. The number of pyridine rings is 1. The lowest BCUT2D eigenvalue weighted by molar-refractivity contribution is 0.0900. The van der Waals surface area contributed by atoms with E-state index in [4.69, 9.17) is 4.74 Å². The van der Waals surface area contributed by atoms with Gasteiger partial charge in [0, 0.05) is 19.1 Å². The molecule has 102 valence electrons. The number of aromatic nitrogens is 3. The average Bonchev–Trinajstić information content (AvgIpc) is 3.03. The van der Waals surface area contributed by atoms with E-state index < -0.39 is 0 Å². The fraction of sp³-hybridized carbons (Fsp3) is 0.571. The van der Waals surface area contributed by atoms with Crippen LogP contribution in [0, 0.1) is 12.8 Å². The lowest BCUT2D eigenvalue weighted by Gasteiger charge is -2.18. The van der Waals surface area contributed by atoms with Gasteiger partial charge in [0.2, 0.25) is 0 Å². The smallest absolute Gasteiger partial charge is 0.157 e. The number of rotatable bonds is 4. The highest BCUT2D eigenvalue weighted by Gasteiger charge is 2.26. The van der Waals surface area contributed by atoms with E-state index in [9.17, 15) is 0 Å². The molecule has 1 N–H and O–H groups in total. The minimum absolute atomic E-state index is 0.392. The van der Waals surface area contributed by atoms with Crippen LogP contribution in [-0.2, 0) is 4.74 Å². The van der Waals surface area contributed by atoms with Gasteiger partial charge in [-0.05, 0) is 37.5 Å². The molecule has 0 radical (unpaired) electrons. The lowest BCUT2D eigenvalue weighted by atomic mass is 10.00. The molecule has 0 spiro atoms. The summed E-state index contributed by atoms with van der Waals surface area (Å²) in [7, 11) is 0. The van der Waals surface area contributed by atoms with Crippen LogP contribution in [0.2, 0.25) is 0 Å². The highest BCUT2D eigenvalue weighted by atomic mass is 16.5. The van der Waals surface area contributed by atoms with Gasteiger partial charge in [-0.1, -0.05) is 6.92 Å². The molecule has 0 aromatic carbocycles. The molecule has 2 aromatic rings. The van der Waals surface area contributed by atoms with Gasteiger partial charge >= 0.3 is 0 Å². The molecule has 2 aromatic heterocycles. The number of aryl methyl sites for hydroxylation is 1. The van der Waals surface area contributed by atoms with Gasteiger partial charge in [0.05, 0.1) is 6.10 Å². The Morgan fingerprint density at radius 3 is 3.21 bits per heavy atom. The van der Waals surface area contributed by atoms with Crippen molar-refractivity contribution in [2.24, 2.45) is 5.92 Å². The molecule has 1 fully saturated rings. The Bertz CT molecular complexity index is 566. The largest absolute Gasteiger partial charge is 0.378 e. The topological polar surface area (TPSA) is 51.5 Å². The van der Waals surface area contributed by atoms with Crippen molar-refractivity contribution in [3.63, 3.8) is 0 Å². The second kappa shape index (κ2) is 5.17. The number of fused-ring (bicyclic) bond motifs is 1. The monoisotopic (exact) mass is 260 g/mol. The average molecular weight is 260 g/mol. The summed E-state index contributed by atoms with van der Waals surface area (Å²) in [6.07, 6.45) is 4.20. The first-order valence-corrected chi connectivity index (χ1v) is 6.94. The summed E-state index contributed by atoms with van der Waals surface area (Å²) < 4.78 is 7.58. The standard InChI is InChI=1S/C14H20N4O/c1-3-12-11(4-5-19-12)8-15-13-6-10(2)7-14-16-9-17-18(13)14/h6-7,9,11-12,15H,3-5,8H2,1-2H3. The van der Waals surface area contributed by atoms with E-state index in [0.717, 1.165) is 37.5 Å². The normalized spacial score (nSPS) is 23.1. The van der Waals surface area contributed by atoms with Crippen LogP contribution >= 0.6 is 0 Å². The third-order valence-corrected chi connectivity index (χ3v) is 3.82. The van der Waals surface area contributed by atoms with Crippen molar-refractivity contribution in [3.8, 4) is 0 Å². The number of nitrogens with zero attached hydrogens (tertiary/aromatic N) is 3. The molecule has 0 aliphatic carbocycles. The van der Waals surface area contributed by atoms with Gasteiger partial charge in [0.25, 0.3) is 0 Å². The summed E-state index contributed by atoms with van der Waals surface area (Å²) in [4.78, 5) is 4.24. The fourth-order valence-corrected chi connectivity index (χ4v) is 2.80. The third-order valence-electron chi connectivity index (χ3n) is 3.82. The fourth-order valence-electron chi connectivity index (χ4n) is 2.80. The van der Waals surface area contributed by atoms with Gasteiger partial charge < -0.3 is 10.1 Å². The molecular formula is C14H20N4O. The van der Waals surface area contributed by atoms with E-state index in [1.54, 1.807) is 6.33 Å². The van der Waals surface area contributed by atoms with Crippen LogP contribution < -0.4 is 5.32 Å². The first-order valence-electron chi connectivity index (χ1n) is 6.94. The zero-order valence-corrected chi connectivity index (χ0v) is 11.5. The summed E-state index contributed by atoms with van der Waals surface area (Å²) in [5.41, 5.74) is 2.08. The van der Waals surface area contributed by atoms with Crippen LogP contribution in [0.5, 0.6) is 0 Å². The van der Waals surface area contributed by atoms with Crippen molar-refractivity contribution in [2.45, 2.75) is 32.8 Å². The zero-order chi connectivity index (χ0) is 13.2. The number of ether oxygens (including phenoxy) is 1. The van der Waals surface area contributed by atoms with Crippen molar-refractivity contribution in [1.82, 2.24) is 14.6 Å². The van der Waals surface area contributed by atoms with Gasteiger partial charge in [-0.3, -0.25) is 0 Å². The van der Waals surface area contributed by atoms with Crippen LogP contribution in [0.3, 0.4) is 0 Å². The Balaban J connectivity index is 1.76. The SMILES string of the molecule is CCC1OCCC1CNc1cc(C)cc2ncnn12. The molecule has 2 unspecified atom stereocenters. The molecular weight excluding hydrogens is 240 g/mol. The summed E-state index contributed by atoms with van der Waals surface area (Å²) in [5.74, 6) is 1.60. The molecule has 19 heavy (non-hydrogen) atoms. The first-order chi connectivity index (χ1) is 9.28. The quantitative estimate of drug-likeness (QED) is 0.916. The van der Waals surface area contributed by atoms with Gasteiger partial charge in [-0.2, -0.15) is 9.61 Å². The summed E-state index contributed by atoms with van der Waals surface area (Å²) in [5, 5.41) is 7.76. The Morgan fingerprint density at radius 2 is 2.37 bits per heavy atom. The van der Waals surface area contributed by atoms with E-state index >= 15 is 0 Å². The van der Waals surface area contributed by atoms with Crippen LogP contribution in [0.15, 0.2) is 18.5 Å².